The Hall–Kier alpha value is -2.36. The van der Waals surface area contributed by atoms with E-state index in [2.05, 4.69) is 10.9 Å². The van der Waals surface area contributed by atoms with Crippen LogP contribution in [0.4, 0.5) is 4.39 Å². The van der Waals surface area contributed by atoms with Crippen LogP contribution >= 0.6 is 20.0 Å². The van der Waals surface area contributed by atoms with E-state index < -0.39 is 49.8 Å². The van der Waals surface area contributed by atoms with E-state index in [0.717, 1.165) is 4.57 Å². The number of halogens is 1. The fraction of sp³-hybridized carbons (Fsp3) is 0.368. The minimum absolute atomic E-state index is 0.0278. The molecule has 2 unspecified atom stereocenters. The predicted octanol–water partition coefficient (Wildman–Crippen LogP) is 1.33. The first-order valence-electron chi connectivity index (χ1n) is 9.37. The molecule has 2 aromatic rings. The highest BCUT2D eigenvalue weighted by Crippen LogP contribution is 2.63. The number of aromatic amines is 1. The maximum atomic E-state index is 15.3. The number of phosphoric acid groups is 1. The van der Waals surface area contributed by atoms with Crippen molar-refractivity contribution < 1.29 is 37.5 Å². The van der Waals surface area contributed by atoms with Gasteiger partial charge in [0.25, 0.3) is 5.85 Å². The molecule has 13 heteroatoms. The number of hydrogen-bond donors (Lipinski definition) is 3. The van der Waals surface area contributed by atoms with Crippen molar-refractivity contribution in [3.05, 3.63) is 56.7 Å². The number of hydrogen-bond acceptors (Lipinski definition) is 9. The normalized spacial score (nSPS) is 37.1. The lowest BCUT2D eigenvalue weighted by Crippen LogP contribution is -2.49. The van der Waals surface area contributed by atoms with Crippen molar-refractivity contribution in [2.24, 2.45) is 0 Å². The van der Waals surface area contributed by atoms with Gasteiger partial charge in [-0.3, -0.25) is 18.6 Å². The number of phosphoric ester groups is 1. The lowest BCUT2D eigenvalue weighted by Gasteiger charge is -2.31. The summed E-state index contributed by atoms with van der Waals surface area (Å²) in [4.78, 5) is 14.6. The van der Waals surface area contributed by atoms with Crippen molar-refractivity contribution in [2.75, 3.05) is 6.61 Å². The Morgan fingerprint density at radius 3 is 2.91 bits per heavy atom. The van der Waals surface area contributed by atoms with E-state index in [1.165, 1.54) is 6.20 Å². The lowest BCUT2D eigenvalue weighted by molar-refractivity contribution is -0.211. The van der Waals surface area contributed by atoms with E-state index in [9.17, 15) is 19.6 Å². The lowest BCUT2D eigenvalue weighted by atomic mass is 10.1. The van der Waals surface area contributed by atoms with E-state index in [-0.39, 0.29) is 22.6 Å². The largest absolute Gasteiger partial charge is 0.530 e. The second-order valence-corrected chi connectivity index (χ2v) is 9.61. The second kappa shape index (κ2) is 7.07. The molecule has 0 radical (unpaired) electrons. The molecule has 6 atom stereocenters. The van der Waals surface area contributed by atoms with Gasteiger partial charge in [-0.2, -0.15) is 0 Å². The van der Waals surface area contributed by atoms with Crippen LogP contribution < -0.4 is 10.2 Å². The first kappa shape index (κ1) is 21.5. The molecule has 5 rings (SSSR count). The van der Waals surface area contributed by atoms with Crippen molar-refractivity contribution in [3.8, 4) is 18.1 Å². The maximum absolute atomic E-state index is 15.3. The molecule has 1 saturated carbocycles. The van der Waals surface area contributed by atoms with Crippen LogP contribution in [-0.4, -0.2) is 50.0 Å². The third-order valence-corrected chi connectivity index (χ3v) is 7.31. The first-order valence-corrected chi connectivity index (χ1v) is 11.2. The second-order valence-electron chi connectivity index (χ2n) is 7.61. The molecule has 2 fully saturated rings. The Labute approximate surface area is 185 Å². The number of rotatable bonds is 4. The summed E-state index contributed by atoms with van der Waals surface area (Å²) in [5.41, 5.74) is -2.07. The summed E-state index contributed by atoms with van der Waals surface area (Å²) in [7, 11) is -4.20. The standard InChI is InChI=1S/C19H16FN2O8PS/c1-2-10-7-22(17(24)21-15(10)32)13-14-19(13,25)16(23)18(20,29-14)9-28-31(26)27-8-11-5-3-4-6-12(11)30-31/h1,3-7,13-14,16,23,25H,8-9H2,(H,21,24,32)/t13?,14-,16+,18+,19+,31?/m0/s1. The number of nitrogens with one attached hydrogen (secondary N) is 1. The van der Waals surface area contributed by atoms with Crippen LogP contribution in [0, 0.1) is 17.0 Å². The molecule has 168 valence electrons. The highest BCUT2D eigenvalue weighted by molar-refractivity contribution is 7.71. The van der Waals surface area contributed by atoms with Crippen molar-refractivity contribution in [1.29, 1.82) is 0 Å². The van der Waals surface area contributed by atoms with Crippen LogP contribution in [0.5, 0.6) is 5.75 Å². The van der Waals surface area contributed by atoms with E-state index in [4.69, 9.17) is 36.9 Å². The third kappa shape index (κ3) is 3.09. The van der Waals surface area contributed by atoms with Crippen molar-refractivity contribution in [2.45, 2.75) is 36.3 Å². The van der Waals surface area contributed by atoms with Crippen LogP contribution in [-0.2, 0) is 25.0 Å². The first-order chi connectivity index (χ1) is 15.1. The van der Waals surface area contributed by atoms with Gasteiger partial charge in [-0.1, -0.05) is 36.3 Å². The molecule has 32 heavy (non-hydrogen) atoms. The number of terminal acetylenes is 1. The average molecular weight is 482 g/mol. The van der Waals surface area contributed by atoms with Gasteiger partial charge >= 0.3 is 13.5 Å². The molecule has 3 heterocycles. The van der Waals surface area contributed by atoms with Gasteiger partial charge < -0.3 is 19.5 Å². The number of nitrogens with zero attached hydrogens (tertiary/aromatic N) is 1. The van der Waals surface area contributed by atoms with E-state index in [1.807, 2.05) is 0 Å². The highest BCUT2D eigenvalue weighted by atomic mass is 32.1. The van der Waals surface area contributed by atoms with Crippen molar-refractivity contribution in [3.63, 3.8) is 0 Å². The summed E-state index contributed by atoms with van der Waals surface area (Å²) in [5, 5.41) is 21.3. The van der Waals surface area contributed by atoms with Gasteiger partial charge in [0.05, 0.1) is 12.2 Å². The molecule has 1 aliphatic carbocycles. The zero-order valence-corrected chi connectivity index (χ0v) is 17.8. The third-order valence-electron chi connectivity index (χ3n) is 5.68. The van der Waals surface area contributed by atoms with Gasteiger partial charge in [0.15, 0.2) is 0 Å². The molecule has 0 amide bonds. The number of aromatic nitrogens is 2. The Bertz CT molecular complexity index is 1320. The van der Waals surface area contributed by atoms with Crippen LogP contribution in [0.25, 0.3) is 0 Å². The van der Waals surface area contributed by atoms with Crippen LogP contribution in [0.15, 0.2) is 35.3 Å². The summed E-state index contributed by atoms with van der Waals surface area (Å²) in [5.74, 6) is -0.388. The fourth-order valence-corrected chi connectivity index (χ4v) is 5.39. The van der Waals surface area contributed by atoms with Crippen LogP contribution in [0.3, 0.4) is 0 Å². The smallest absolute Gasteiger partial charge is 0.404 e. The molecular weight excluding hydrogens is 466 g/mol. The van der Waals surface area contributed by atoms with Gasteiger partial charge in [-0.25, -0.2) is 13.8 Å². The number of benzene rings is 1. The average Bonchev–Trinajstić information content (AvgIpc) is 3.28. The Morgan fingerprint density at radius 2 is 2.22 bits per heavy atom. The molecule has 3 N–H and O–H groups in total. The number of aliphatic hydroxyl groups is 2. The molecule has 0 bridgehead atoms. The number of fused-ring (bicyclic) bond motifs is 2. The molecule has 1 aromatic carbocycles. The molecule has 0 spiro atoms. The summed E-state index contributed by atoms with van der Waals surface area (Å²) >= 11 is 4.94. The maximum Gasteiger partial charge on any atom is 0.530 e. The van der Waals surface area contributed by atoms with Gasteiger partial charge in [-0.05, 0) is 6.07 Å². The van der Waals surface area contributed by atoms with Gasteiger partial charge in [0.1, 0.15) is 40.8 Å². The minimum Gasteiger partial charge on any atom is -0.404 e. The Balaban J connectivity index is 1.33. The van der Waals surface area contributed by atoms with Crippen molar-refractivity contribution >= 4 is 20.0 Å². The molecule has 3 aliphatic rings. The molecule has 10 nitrogen and oxygen atoms in total. The number of para-hydroxylation sites is 1. The van der Waals surface area contributed by atoms with E-state index in [1.54, 1.807) is 24.3 Å². The van der Waals surface area contributed by atoms with E-state index in [0.29, 0.717) is 5.56 Å². The molecule has 1 aromatic heterocycles. The number of ether oxygens (including phenoxy) is 1. The van der Waals surface area contributed by atoms with Crippen LogP contribution in [0.2, 0.25) is 0 Å². The zero-order chi connectivity index (χ0) is 22.9. The SMILES string of the molecule is C#Cc1cn(C2[C@@H]3O[C@](F)(COP4(=O)OCc5ccccc5O4)[C@@H](O)[C@@]23O)c(=O)[nH]c1=S. The topological polar surface area (TPSA) is 132 Å². The number of aliphatic hydroxyl groups excluding tert-OH is 1. The number of alkyl halides is 1. The van der Waals surface area contributed by atoms with Crippen molar-refractivity contribution in [1.82, 2.24) is 9.55 Å². The summed E-state index contributed by atoms with van der Waals surface area (Å²) in [6.07, 6.45) is 3.12. The summed E-state index contributed by atoms with van der Waals surface area (Å²) in [6, 6.07) is 5.52. The quantitative estimate of drug-likeness (QED) is 0.335. The monoisotopic (exact) mass is 482 g/mol. The number of H-pyrrole nitrogens is 1. The van der Waals surface area contributed by atoms with Crippen LogP contribution in [0.1, 0.15) is 17.2 Å². The predicted molar refractivity (Wildman–Crippen MR) is 108 cm³/mol. The van der Waals surface area contributed by atoms with Gasteiger partial charge in [0, 0.05) is 11.8 Å². The summed E-state index contributed by atoms with van der Waals surface area (Å²) < 4.78 is 49.6. The minimum atomic E-state index is -4.20. The molecule has 2 aliphatic heterocycles. The zero-order valence-electron chi connectivity index (χ0n) is 16.1. The molecule has 1 saturated heterocycles. The van der Waals surface area contributed by atoms with Gasteiger partial charge in [-0.15, -0.1) is 6.42 Å². The summed E-state index contributed by atoms with van der Waals surface area (Å²) in [6.45, 7) is -1.14. The highest BCUT2D eigenvalue weighted by Gasteiger charge is 2.82. The fourth-order valence-electron chi connectivity index (χ4n) is 3.96. The van der Waals surface area contributed by atoms with Gasteiger partial charge in [0.2, 0.25) is 0 Å². The Morgan fingerprint density at radius 1 is 1.47 bits per heavy atom. The Kier molecular flexibility index (Phi) is 4.75. The molecular formula is C19H16FN2O8PS. The van der Waals surface area contributed by atoms with E-state index >= 15 is 4.39 Å².